The lowest BCUT2D eigenvalue weighted by Gasteiger charge is -2.35. The summed E-state index contributed by atoms with van der Waals surface area (Å²) < 4.78 is 5.55. The number of hydrogen-bond acceptors (Lipinski definition) is 4. The van der Waals surface area contributed by atoms with E-state index in [2.05, 4.69) is 48.4 Å². The summed E-state index contributed by atoms with van der Waals surface area (Å²) in [6.07, 6.45) is 2.80. The Kier molecular flexibility index (Phi) is 10.9. The molecule has 1 saturated heterocycles. The highest BCUT2D eigenvalue weighted by Gasteiger charge is 2.26. The molecule has 0 spiro atoms. The molecule has 1 atom stereocenters. The topological polar surface area (TPSA) is 69.1 Å². The minimum Gasteiger partial charge on any atom is -0.396 e. The van der Waals surface area contributed by atoms with E-state index in [1.165, 1.54) is 5.56 Å². The molecule has 3 N–H and O–H groups in total. The second-order valence-corrected chi connectivity index (χ2v) is 8.41. The van der Waals surface area contributed by atoms with Gasteiger partial charge in [-0.25, -0.2) is 0 Å². The monoisotopic (exact) mass is 438 g/mol. The van der Waals surface area contributed by atoms with Crippen molar-refractivity contribution < 1.29 is 9.84 Å². The summed E-state index contributed by atoms with van der Waals surface area (Å²) in [6, 6.07) is 8.34. The summed E-state index contributed by atoms with van der Waals surface area (Å²) in [5.41, 5.74) is 1.29. The van der Waals surface area contributed by atoms with Gasteiger partial charge in [-0.15, -0.1) is 0 Å². The summed E-state index contributed by atoms with van der Waals surface area (Å²) in [7, 11) is 0. The van der Waals surface area contributed by atoms with Crippen molar-refractivity contribution >= 4 is 17.6 Å². The van der Waals surface area contributed by atoms with Crippen LogP contribution in [0.2, 0.25) is 5.02 Å². The number of hydrogen-bond donors (Lipinski definition) is 3. The molecule has 7 heteroatoms. The Bertz CT molecular complexity index is 629. The fourth-order valence-corrected chi connectivity index (χ4v) is 4.08. The summed E-state index contributed by atoms with van der Waals surface area (Å²) >= 11 is 6.11. The molecule has 170 valence electrons. The Hall–Kier alpha value is -1.34. The molecule has 1 aliphatic rings. The molecule has 1 heterocycles. The summed E-state index contributed by atoms with van der Waals surface area (Å²) in [6.45, 7) is 12.3. The van der Waals surface area contributed by atoms with Gasteiger partial charge in [0.05, 0.1) is 19.3 Å². The zero-order valence-electron chi connectivity index (χ0n) is 18.8. The largest absolute Gasteiger partial charge is 0.396 e. The molecule has 0 bridgehead atoms. The van der Waals surface area contributed by atoms with Crippen LogP contribution in [0.4, 0.5) is 0 Å². The van der Waals surface area contributed by atoms with Gasteiger partial charge in [-0.05, 0) is 49.3 Å². The molecule has 0 aromatic heterocycles. The molecular formula is C23H39ClN4O2. The van der Waals surface area contributed by atoms with Gasteiger partial charge in [0.15, 0.2) is 5.96 Å². The minimum absolute atomic E-state index is 0.0525. The predicted molar refractivity (Wildman–Crippen MR) is 125 cm³/mol. The van der Waals surface area contributed by atoms with E-state index in [0.717, 1.165) is 69.6 Å². The predicted octanol–water partition coefficient (Wildman–Crippen LogP) is 3.46. The van der Waals surface area contributed by atoms with Gasteiger partial charge in [0.1, 0.15) is 0 Å². The zero-order valence-corrected chi connectivity index (χ0v) is 19.5. The van der Waals surface area contributed by atoms with Crippen molar-refractivity contribution in [2.75, 3.05) is 52.5 Å². The lowest BCUT2D eigenvalue weighted by molar-refractivity contribution is 0.0170. The maximum Gasteiger partial charge on any atom is 0.191 e. The summed E-state index contributed by atoms with van der Waals surface area (Å²) in [5, 5.41) is 17.2. The molecular weight excluding hydrogens is 400 g/mol. The molecule has 30 heavy (non-hydrogen) atoms. The summed E-state index contributed by atoms with van der Waals surface area (Å²) in [4.78, 5) is 7.35. The van der Waals surface area contributed by atoms with Crippen LogP contribution in [0.15, 0.2) is 29.3 Å². The number of benzene rings is 1. The number of ether oxygens (including phenoxy) is 1. The van der Waals surface area contributed by atoms with Crippen molar-refractivity contribution in [3.05, 3.63) is 34.9 Å². The van der Waals surface area contributed by atoms with Crippen LogP contribution in [0.1, 0.15) is 51.6 Å². The van der Waals surface area contributed by atoms with E-state index >= 15 is 0 Å². The molecule has 1 aliphatic heterocycles. The molecule has 1 aromatic rings. The van der Waals surface area contributed by atoms with Crippen LogP contribution in [-0.2, 0) is 4.74 Å². The highest BCUT2D eigenvalue weighted by molar-refractivity contribution is 6.30. The first kappa shape index (κ1) is 24.9. The van der Waals surface area contributed by atoms with Crippen LogP contribution in [0, 0.1) is 5.41 Å². The van der Waals surface area contributed by atoms with E-state index in [1.807, 2.05) is 12.1 Å². The van der Waals surface area contributed by atoms with E-state index < -0.39 is 0 Å². The second-order valence-electron chi connectivity index (χ2n) is 7.97. The Balaban J connectivity index is 2.13. The van der Waals surface area contributed by atoms with Gasteiger partial charge in [0, 0.05) is 44.4 Å². The number of aliphatic imine (C=N–C) groups is 1. The number of aliphatic hydroxyl groups is 1. The highest BCUT2D eigenvalue weighted by Crippen LogP contribution is 2.30. The van der Waals surface area contributed by atoms with E-state index in [9.17, 15) is 5.11 Å². The van der Waals surface area contributed by atoms with Gasteiger partial charge < -0.3 is 20.5 Å². The molecule has 2 rings (SSSR count). The maximum absolute atomic E-state index is 9.49. The molecule has 1 unspecified atom stereocenters. The second kappa shape index (κ2) is 13.2. The number of halogens is 1. The lowest BCUT2D eigenvalue weighted by Crippen LogP contribution is -2.46. The zero-order chi connectivity index (χ0) is 21.8. The quantitative estimate of drug-likeness (QED) is 0.364. The maximum atomic E-state index is 9.49. The fourth-order valence-electron chi connectivity index (χ4n) is 3.96. The normalized spacial score (nSPS) is 17.0. The smallest absolute Gasteiger partial charge is 0.191 e. The third-order valence-corrected chi connectivity index (χ3v) is 6.51. The van der Waals surface area contributed by atoms with Crippen molar-refractivity contribution in [1.82, 2.24) is 15.5 Å². The average molecular weight is 439 g/mol. The van der Waals surface area contributed by atoms with Crippen LogP contribution in [0.3, 0.4) is 0 Å². The number of rotatable bonds is 11. The first-order chi connectivity index (χ1) is 14.6. The highest BCUT2D eigenvalue weighted by atomic mass is 35.5. The van der Waals surface area contributed by atoms with Gasteiger partial charge >= 0.3 is 0 Å². The lowest BCUT2D eigenvalue weighted by atomic mass is 9.79. The van der Waals surface area contributed by atoms with Gasteiger partial charge in [0.25, 0.3) is 0 Å². The van der Waals surface area contributed by atoms with Gasteiger partial charge in [0.2, 0.25) is 0 Å². The van der Waals surface area contributed by atoms with Crippen LogP contribution in [0.25, 0.3) is 0 Å². The van der Waals surface area contributed by atoms with Crippen LogP contribution in [0.5, 0.6) is 0 Å². The van der Waals surface area contributed by atoms with Gasteiger partial charge in [-0.1, -0.05) is 37.6 Å². The SMILES string of the molecule is CCNC(=NCC(CC)(CC)CCO)NCC(c1ccc(Cl)cc1)N1CCOCC1. The van der Waals surface area contributed by atoms with Crippen molar-refractivity contribution in [2.45, 2.75) is 46.1 Å². The van der Waals surface area contributed by atoms with Gasteiger partial charge in [-0.2, -0.15) is 0 Å². The Morgan fingerprint density at radius 3 is 2.40 bits per heavy atom. The third kappa shape index (κ3) is 7.41. The standard InChI is InChI=1S/C23H39ClN4O2/c1-4-23(5-2,11-14-29)18-27-22(25-6-3)26-17-21(28-12-15-30-16-13-28)19-7-9-20(24)10-8-19/h7-10,21,29H,4-6,11-18H2,1-3H3,(H2,25,26,27). The molecule has 0 saturated carbocycles. The molecule has 0 amide bonds. The summed E-state index contributed by atoms with van der Waals surface area (Å²) in [5.74, 6) is 0.828. The Morgan fingerprint density at radius 2 is 1.83 bits per heavy atom. The number of morpholine rings is 1. The molecule has 1 aromatic carbocycles. The number of aliphatic hydroxyl groups excluding tert-OH is 1. The van der Waals surface area contributed by atoms with Crippen LogP contribution < -0.4 is 10.6 Å². The average Bonchev–Trinajstić information content (AvgIpc) is 2.78. The fraction of sp³-hybridized carbons (Fsp3) is 0.696. The molecule has 6 nitrogen and oxygen atoms in total. The molecule has 0 radical (unpaired) electrons. The van der Waals surface area contributed by atoms with Crippen LogP contribution >= 0.6 is 11.6 Å². The number of nitrogens with one attached hydrogen (secondary N) is 2. The van der Waals surface area contributed by atoms with Crippen LogP contribution in [-0.4, -0.2) is 68.5 Å². The molecule has 0 aliphatic carbocycles. The number of nitrogens with zero attached hydrogens (tertiary/aromatic N) is 2. The third-order valence-electron chi connectivity index (χ3n) is 6.26. The first-order valence-electron chi connectivity index (χ1n) is 11.3. The minimum atomic E-state index is 0.0525. The van der Waals surface area contributed by atoms with E-state index in [4.69, 9.17) is 21.3 Å². The first-order valence-corrected chi connectivity index (χ1v) is 11.7. The van der Waals surface area contributed by atoms with E-state index in [-0.39, 0.29) is 18.1 Å². The van der Waals surface area contributed by atoms with E-state index in [1.54, 1.807) is 0 Å². The Morgan fingerprint density at radius 1 is 1.17 bits per heavy atom. The van der Waals surface area contributed by atoms with Crippen molar-refractivity contribution in [3.63, 3.8) is 0 Å². The number of guanidine groups is 1. The van der Waals surface area contributed by atoms with Crippen molar-refractivity contribution in [1.29, 1.82) is 0 Å². The Labute approximate surface area is 187 Å². The van der Waals surface area contributed by atoms with E-state index in [0.29, 0.717) is 6.54 Å². The molecule has 1 fully saturated rings. The van der Waals surface area contributed by atoms with Crippen molar-refractivity contribution in [2.24, 2.45) is 10.4 Å². The van der Waals surface area contributed by atoms with Crippen molar-refractivity contribution in [3.8, 4) is 0 Å². The van der Waals surface area contributed by atoms with Gasteiger partial charge in [-0.3, -0.25) is 9.89 Å².